The van der Waals surface area contributed by atoms with E-state index in [9.17, 15) is 33.6 Å². The monoisotopic (exact) mass is 736 g/mol. The van der Waals surface area contributed by atoms with E-state index in [1.54, 1.807) is 44.2 Å². The summed E-state index contributed by atoms with van der Waals surface area (Å²) in [5, 5.41) is 22.7. The SMILES string of the molecule is CCOC(=O)C1=C(CSCC(O)CN2CCN(C(c3ccc(F)cc3)c3ccc(F)cc3)CC2)N=C(C)C(C(=O)OC)C1c1cccc([N+](=O)[O-])c1. The Balaban J connectivity index is 1.27. The molecule has 1 saturated heterocycles. The number of β-amino-alcohol motifs (C(OH)–C–C–N with tert-alkyl or cyclic N) is 1. The summed E-state index contributed by atoms with van der Waals surface area (Å²) in [5.74, 6) is -3.38. The molecule has 5 rings (SSSR count). The Kier molecular flexibility index (Phi) is 13.3. The van der Waals surface area contributed by atoms with Crippen molar-refractivity contribution in [2.45, 2.75) is 31.9 Å². The van der Waals surface area contributed by atoms with Crippen molar-refractivity contribution in [3.63, 3.8) is 0 Å². The van der Waals surface area contributed by atoms with E-state index in [0.29, 0.717) is 55.4 Å². The molecule has 3 aromatic rings. The van der Waals surface area contributed by atoms with Crippen molar-refractivity contribution in [3.05, 3.63) is 123 Å². The second-order valence-electron chi connectivity index (χ2n) is 12.7. The number of rotatable bonds is 14. The molecule has 0 bridgehead atoms. The molecule has 14 heteroatoms. The van der Waals surface area contributed by atoms with Crippen LogP contribution in [0.25, 0.3) is 0 Å². The molecule has 0 saturated carbocycles. The van der Waals surface area contributed by atoms with Crippen molar-refractivity contribution in [2.24, 2.45) is 10.9 Å². The first-order valence-corrected chi connectivity index (χ1v) is 18.2. The number of ether oxygens (including phenoxy) is 2. The molecule has 2 heterocycles. The lowest BCUT2D eigenvalue weighted by molar-refractivity contribution is -0.384. The zero-order valence-electron chi connectivity index (χ0n) is 29.2. The van der Waals surface area contributed by atoms with Crippen molar-refractivity contribution in [2.75, 3.05) is 57.9 Å². The fourth-order valence-electron chi connectivity index (χ4n) is 6.87. The van der Waals surface area contributed by atoms with Gasteiger partial charge in [-0.15, -0.1) is 0 Å². The smallest absolute Gasteiger partial charge is 0.336 e. The Labute approximate surface area is 305 Å². The van der Waals surface area contributed by atoms with E-state index in [1.807, 2.05) is 0 Å². The zero-order valence-corrected chi connectivity index (χ0v) is 30.1. The molecule has 0 spiro atoms. The number of methoxy groups -OCH3 is 1. The molecule has 11 nitrogen and oxygen atoms in total. The number of piperazine rings is 1. The van der Waals surface area contributed by atoms with Gasteiger partial charge in [-0.2, -0.15) is 11.8 Å². The largest absolute Gasteiger partial charge is 0.468 e. The van der Waals surface area contributed by atoms with Gasteiger partial charge in [-0.25, -0.2) is 13.6 Å². The summed E-state index contributed by atoms with van der Waals surface area (Å²) in [6.45, 7) is 6.47. The maximum Gasteiger partial charge on any atom is 0.336 e. The summed E-state index contributed by atoms with van der Waals surface area (Å²) in [4.78, 5) is 46.7. The normalized spacial score (nSPS) is 18.9. The minimum absolute atomic E-state index is 0.0660. The number of aliphatic hydroxyl groups is 1. The lowest BCUT2D eigenvalue weighted by Crippen LogP contribution is -2.50. The molecule has 52 heavy (non-hydrogen) atoms. The third kappa shape index (κ3) is 9.29. The number of aliphatic imine (C=N–C) groups is 1. The Hall–Kier alpha value is -4.50. The maximum absolute atomic E-state index is 13.7. The van der Waals surface area contributed by atoms with Crippen LogP contribution in [0.5, 0.6) is 0 Å². The summed E-state index contributed by atoms with van der Waals surface area (Å²) < 4.78 is 38.0. The van der Waals surface area contributed by atoms with Crippen LogP contribution in [-0.4, -0.2) is 102 Å². The number of non-ortho nitro benzene ring substituents is 1. The number of thioether (sulfide) groups is 1. The molecule has 3 unspecified atom stereocenters. The van der Waals surface area contributed by atoms with Crippen LogP contribution in [0.1, 0.15) is 42.5 Å². The van der Waals surface area contributed by atoms with Gasteiger partial charge in [-0.05, 0) is 54.8 Å². The van der Waals surface area contributed by atoms with E-state index in [4.69, 9.17) is 9.47 Å². The Morgan fingerprint density at radius 2 is 1.63 bits per heavy atom. The topological polar surface area (TPSA) is 135 Å². The van der Waals surface area contributed by atoms with E-state index in [2.05, 4.69) is 14.8 Å². The first-order valence-electron chi connectivity index (χ1n) is 17.0. The van der Waals surface area contributed by atoms with Crippen molar-refractivity contribution in [1.29, 1.82) is 0 Å². The van der Waals surface area contributed by atoms with E-state index >= 15 is 0 Å². The van der Waals surface area contributed by atoms with E-state index in [-0.39, 0.29) is 41.3 Å². The molecule has 276 valence electrons. The van der Waals surface area contributed by atoms with Gasteiger partial charge in [0.2, 0.25) is 0 Å². The maximum atomic E-state index is 13.7. The number of carbonyl (C=O) groups is 2. The molecule has 0 aromatic heterocycles. The number of halogens is 2. The second kappa shape index (κ2) is 17.8. The highest BCUT2D eigenvalue weighted by Gasteiger charge is 2.43. The van der Waals surface area contributed by atoms with Crippen LogP contribution >= 0.6 is 11.8 Å². The zero-order chi connectivity index (χ0) is 37.4. The van der Waals surface area contributed by atoms with Crippen molar-refractivity contribution >= 4 is 35.1 Å². The first-order chi connectivity index (χ1) is 25.0. The van der Waals surface area contributed by atoms with Gasteiger partial charge in [0.25, 0.3) is 5.69 Å². The molecule has 3 atom stereocenters. The predicted molar refractivity (Wildman–Crippen MR) is 194 cm³/mol. The van der Waals surface area contributed by atoms with E-state index in [0.717, 1.165) is 11.1 Å². The van der Waals surface area contributed by atoms with Crippen molar-refractivity contribution < 1.29 is 37.9 Å². The summed E-state index contributed by atoms with van der Waals surface area (Å²) in [6.07, 6.45) is -0.711. The molecule has 0 amide bonds. The standard InChI is InChI=1S/C38H42F2N4O7S/c1-4-51-38(47)35-32(41-24(2)33(37(46)50-3)34(35)27-6-5-7-30(20-27)44(48)49)23-52-22-31(45)21-42-16-18-43(19-17-42)36(25-8-12-28(39)13-9-25)26-10-14-29(40)15-11-26/h5-15,20,31,33-34,36,45H,4,16-19,21-23H2,1-3H3. The van der Waals surface area contributed by atoms with Gasteiger partial charge >= 0.3 is 11.9 Å². The van der Waals surface area contributed by atoms with Crippen LogP contribution in [0.15, 0.2) is 89.1 Å². The average Bonchev–Trinajstić information content (AvgIpc) is 3.13. The Morgan fingerprint density at radius 1 is 1.02 bits per heavy atom. The Bertz CT molecular complexity index is 1750. The highest BCUT2D eigenvalue weighted by atomic mass is 32.2. The van der Waals surface area contributed by atoms with E-state index in [1.165, 1.54) is 61.3 Å². The fraction of sp³-hybridized carbons (Fsp3) is 0.395. The third-order valence-corrected chi connectivity index (χ3v) is 10.4. The number of hydrogen-bond acceptors (Lipinski definition) is 11. The van der Waals surface area contributed by atoms with Crippen LogP contribution in [0, 0.1) is 27.7 Å². The van der Waals surface area contributed by atoms with Gasteiger partial charge in [-0.3, -0.25) is 29.7 Å². The lowest BCUT2D eigenvalue weighted by Gasteiger charge is -2.40. The summed E-state index contributed by atoms with van der Waals surface area (Å²) in [6, 6.07) is 18.3. The minimum Gasteiger partial charge on any atom is -0.468 e. The number of benzene rings is 3. The molecule has 1 N–H and O–H groups in total. The molecular weight excluding hydrogens is 695 g/mol. The highest BCUT2D eigenvalue weighted by Crippen LogP contribution is 2.42. The number of carbonyl (C=O) groups excluding carboxylic acids is 2. The molecule has 0 radical (unpaired) electrons. The van der Waals surface area contributed by atoms with Gasteiger partial charge in [-0.1, -0.05) is 36.4 Å². The summed E-state index contributed by atoms with van der Waals surface area (Å²) in [5.41, 5.74) is 2.88. The molecule has 2 aliphatic heterocycles. The van der Waals surface area contributed by atoms with Crippen molar-refractivity contribution in [1.82, 2.24) is 9.80 Å². The van der Waals surface area contributed by atoms with E-state index < -0.39 is 34.8 Å². The van der Waals surface area contributed by atoms with Gasteiger partial charge in [0.1, 0.15) is 17.6 Å². The summed E-state index contributed by atoms with van der Waals surface area (Å²) >= 11 is 1.38. The van der Waals surface area contributed by atoms with Gasteiger partial charge in [0, 0.05) is 68.0 Å². The molecule has 0 aliphatic carbocycles. The third-order valence-electron chi connectivity index (χ3n) is 9.27. The Morgan fingerprint density at radius 3 is 2.19 bits per heavy atom. The van der Waals surface area contributed by atoms with Gasteiger partial charge < -0.3 is 14.6 Å². The number of hydrogen-bond donors (Lipinski definition) is 1. The molecular formula is C38H42F2N4O7S. The van der Waals surface area contributed by atoms with Gasteiger partial charge in [0.15, 0.2) is 0 Å². The van der Waals surface area contributed by atoms with Crippen LogP contribution in [0.3, 0.4) is 0 Å². The average molecular weight is 737 g/mol. The number of nitro benzene ring substituents is 1. The fourth-order valence-corrected chi connectivity index (χ4v) is 7.78. The number of nitro groups is 1. The molecule has 3 aromatic carbocycles. The summed E-state index contributed by atoms with van der Waals surface area (Å²) in [7, 11) is 1.23. The molecule has 2 aliphatic rings. The van der Waals surface area contributed by atoms with Crippen LogP contribution in [0.4, 0.5) is 14.5 Å². The lowest BCUT2D eigenvalue weighted by atomic mass is 9.75. The minimum atomic E-state index is -1.00. The number of nitrogens with zero attached hydrogens (tertiary/aromatic N) is 4. The van der Waals surface area contributed by atoms with Crippen molar-refractivity contribution in [3.8, 4) is 0 Å². The quantitative estimate of drug-likeness (QED) is 0.128. The highest BCUT2D eigenvalue weighted by molar-refractivity contribution is 7.99. The predicted octanol–water partition coefficient (Wildman–Crippen LogP) is 5.54. The van der Waals surface area contributed by atoms with Crippen LogP contribution in [0.2, 0.25) is 0 Å². The number of esters is 2. The van der Waals surface area contributed by atoms with Crippen LogP contribution < -0.4 is 0 Å². The van der Waals surface area contributed by atoms with Gasteiger partial charge in [0.05, 0.1) is 42.1 Å². The number of aliphatic hydroxyl groups excluding tert-OH is 1. The first kappa shape index (κ1) is 38.7. The van der Waals surface area contributed by atoms with Crippen LogP contribution in [-0.2, 0) is 19.1 Å². The molecule has 1 fully saturated rings. The second-order valence-corrected chi connectivity index (χ2v) is 13.7.